The maximum atomic E-state index is 14.2. The minimum atomic E-state index is -4.25. The highest BCUT2D eigenvalue weighted by atomic mass is 35.5. The summed E-state index contributed by atoms with van der Waals surface area (Å²) in [7, 11) is -2.84. The van der Waals surface area contributed by atoms with Gasteiger partial charge in [0.05, 0.1) is 17.7 Å². The molecule has 0 bridgehead atoms. The molecule has 0 spiro atoms. The Balaban J connectivity index is 2.11. The molecule has 0 saturated carbocycles. The number of nitrogens with zero attached hydrogens (tertiary/aromatic N) is 2. The van der Waals surface area contributed by atoms with Crippen molar-refractivity contribution < 1.29 is 22.7 Å². The lowest BCUT2D eigenvalue weighted by atomic mass is 10.1. The summed E-state index contributed by atoms with van der Waals surface area (Å²) < 4.78 is 34.7. The van der Waals surface area contributed by atoms with E-state index in [0.29, 0.717) is 13.0 Å². The second-order valence-corrected chi connectivity index (χ2v) is 13.0. The molecular formula is C32H40ClN3O5S. The number of hydrogen-bond acceptors (Lipinski definition) is 5. The van der Waals surface area contributed by atoms with Crippen molar-refractivity contribution in [1.29, 1.82) is 0 Å². The quantitative estimate of drug-likeness (QED) is 0.265. The van der Waals surface area contributed by atoms with Gasteiger partial charge in [-0.1, -0.05) is 79.9 Å². The predicted molar refractivity (Wildman–Crippen MR) is 167 cm³/mol. The van der Waals surface area contributed by atoms with E-state index in [9.17, 15) is 18.0 Å². The van der Waals surface area contributed by atoms with Crippen molar-refractivity contribution >= 4 is 39.1 Å². The van der Waals surface area contributed by atoms with Gasteiger partial charge in [-0.15, -0.1) is 0 Å². The number of sulfonamides is 1. The minimum absolute atomic E-state index is 0.00901. The molecule has 0 radical (unpaired) electrons. The highest BCUT2D eigenvalue weighted by molar-refractivity contribution is 7.92. The molecule has 1 atom stereocenters. The van der Waals surface area contributed by atoms with E-state index in [1.165, 1.54) is 30.2 Å². The Morgan fingerprint density at radius 3 is 2.10 bits per heavy atom. The number of ether oxygens (including phenoxy) is 1. The van der Waals surface area contributed by atoms with Crippen molar-refractivity contribution in [3.8, 4) is 5.75 Å². The Kier molecular flexibility index (Phi) is 11.4. The molecule has 42 heavy (non-hydrogen) atoms. The van der Waals surface area contributed by atoms with Crippen LogP contribution in [0.5, 0.6) is 5.75 Å². The molecule has 226 valence electrons. The molecule has 0 unspecified atom stereocenters. The third-order valence-corrected chi connectivity index (χ3v) is 8.85. The fourth-order valence-electron chi connectivity index (χ4n) is 4.44. The molecule has 3 aromatic carbocycles. The van der Waals surface area contributed by atoms with Gasteiger partial charge >= 0.3 is 0 Å². The number of amides is 2. The van der Waals surface area contributed by atoms with Gasteiger partial charge in [-0.25, -0.2) is 8.42 Å². The summed E-state index contributed by atoms with van der Waals surface area (Å²) in [5.74, 6) is -0.382. The number of hydrogen-bond donors (Lipinski definition) is 1. The molecule has 1 N–H and O–H groups in total. The Bertz CT molecular complexity index is 1470. The highest BCUT2D eigenvalue weighted by Crippen LogP contribution is 2.35. The Morgan fingerprint density at radius 1 is 0.952 bits per heavy atom. The van der Waals surface area contributed by atoms with Crippen molar-refractivity contribution in [2.24, 2.45) is 5.92 Å². The van der Waals surface area contributed by atoms with E-state index in [1.807, 2.05) is 58.9 Å². The van der Waals surface area contributed by atoms with Gasteiger partial charge in [0.15, 0.2) is 0 Å². The van der Waals surface area contributed by atoms with Crippen molar-refractivity contribution in [3.63, 3.8) is 0 Å². The van der Waals surface area contributed by atoms with E-state index in [-0.39, 0.29) is 39.7 Å². The Hall–Kier alpha value is -3.56. The van der Waals surface area contributed by atoms with Crippen molar-refractivity contribution in [1.82, 2.24) is 10.2 Å². The first-order valence-corrected chi connectivity index (χ1v) is 15.7. The van der Waals surface area contributed by atoms with Crippen molar-refractivity contribution in [2.45, 2.75) is 58.5 Å². The zero-order valence-electron chi connectivity index (χ0n) is 25.1. The van der Waals surface area contributed by atoms with Crippen LogP contribution >= 0.6 is 11.6 Å². The average molecular weight is 614 g/mol. The molecule has 0 saturated heterocycles. The lowest BCUT2D eigenvalue weighted by Gasteiger charge is -2.33. The third-order valence-electron chi connectivity index (χ3n) is 6.84. The third kappa shape index (κ3) is 8.26. The maximum Gasteiger partial charge on any atom is 0.264 e. The number of carbonyl (C=O) groups is 2. The van der Waals surface area contributed by atoms with Gasteiger partial charge in [-0.3, -0.25) is 13.9 Å². The van der Waals surface area contributed by atoms with Crippen LogP contribution in [0.3, 0.4) is 0 Å². The van der Waals surface area contributed by atoms with Gasteiger partial charge in [-0.05, 0) is 62.1 Å². The zero-order chi connectivity index (χ0) is 31.0. The molecular weight excluding hydrogens is 574 g/mol. The van der Waals surface area contributed by atoms with E-state index in [4.69, 9.17) is 16.3 Å². The fourth-order valence-corrected chi connectivity index (χ4v) is 6.02. The van der Waals surface area contributed by atoms with Crippen molar-refractivity contribution in [3.05, 3.63) is 88.4 Å². The molecule has 0 heterocycles. The zero-order valence-corrected chi connectivity index (χ0v) is 26.6. The number of rotatable bonds is 13. The fraction of sp³-hybridized carbons (Fsp3) is 0.375. The summed E-state index contributed by atoms with van der Waals surface area (Å²) in [6.45, 7) is 9.63. The number of carbonyl (C=O) groups excluding carboxylic acids is 2. The Labute approximate surface area is 254 Å². The SMILES string of the molecule is CC[C@@H](C(=O)NCC(C)C)N(Cc1ccc(C)cc1)C(=O)CN(c1cc(Cl)ccc1OC)S(=O)(=O)c1ccc(C)cc1. The molecule has 0 aliphatic heterocycles. The predicted octanol–water partition coefficient (Wildman–Crippen LogP) is 5.74. The lowest BCUT2D eigenvalue weighted by molar-refractivity contribution is -0.140. The van der Waals surface area contributed by atoms with Gasteiger partial charge in [0, 0.05) is 18.1 Å². The largest absolute Gasteiger partial charge is 0.495 e. The number of methoxy groups -OCH3 is 1. The number of aryl methyl sites for hydroxylation is 2. The molecule has 2 amide bonds. The number of halogens is 1. The molecule has 3 rings (SSSR count). The molecule has 10 heteroatoms. The molecule has 8 nitrogen and oxygen atoms in total. The maximum absolute atomic E-state index is 14.2. The van der Waals surface area contributed by atoms with Gasteiger partial charge in [-0.2, -0.15) is 0 Å². The normalized spacial score (nSPS) is 12.1. The summed E-state index contributed by atoms with van der Waals surface area (Å²) in [6.07, 6.45) is 0.340. The topological polar surface area (TPSA) is 96.0 Å². The first-order valence-electron chi connectivity index (χ1n) is 13.9. The average Bonchev–Trinajstić information content (AvgIpc) is 2.95. The number of nitrogens with one attached hydrogen (secondary N) is 1. The van der Waals surface area contributed by atoms with Crippen LogP contribution in [-0.4, -0.2) is 51.4 Å². The highest BCUT2D eigenvalue weighted by Gasteiger charge is 2.35. The Morgan fingerprint density at radius 2 is 1.55 bits per heavy atom. The molecule has 3 aromatic rings. The van der Waals surface area contributed by atoms with E-state index >= 15 is 0 Å². The summed E-state index contributed by atoms with van der Waals surface area (Å²) in [6, 6.07) is 17.8. The summed E-state index contributed by atoms with van der Waals surface area (Å²) in [4.78, 5) is 29.0. The first-order chi connectivity index (χ1) is 19.9. The van der Waals surface area contributed by atoms with E-state index in [0.717, 1.165) is 21.0 Å². The second kappa shape index (κ2) is 14.6. The monoisotopic (exact) mass is 613 g/mol. The van der Waals surface area contributed by atoms with Crippen LogP contribution in [0.4, 0.5) is 5.69 Å². The van der Waals surface area contributed by atoms with E-state index in [1.54, 1.807) is 24.3 Å². The van der Waals surface area contributed by atoms with Gasteiger partial charge in [0.25, 0.3) is 10.0 Å². The standard InChI is InChI=1S/C32H40ClN3O5S/c1-7-28(32(38)34-19-22(2)3)35(20-25-12-8-23(4)9-13-25)31(37)21-36(29-18-26(33)14-17-30(29)41-6)42(39,40)27-15-10-24(5)11-16-27/h8-18,22,28H,7,19-21H2,1-6H3,(H,34,38)/t28-/m0/s1. The van der Waals surface area contributed by atoms with Crippen LogP contribution in [0.15, 0.2) is 71.6 Å². The molecule has 0 fully saturated rings. The van der Waals surface area contributed by atoms with E-state index in [2.05, 4.69) is 5.32 Å². The molecule has 0 aliphatic rings. The smallest absolute Gasteiger partial charge is 0.264 e. The van der Waals surface area contributed by atoms with Crippen LogP contribution in [0.25, 0.3) is 0 Å². The minimum Gasteiger partial charge on any atom is -0.495 e. The van der Waals surface area contributed by atoms with Crippen LogP contribution < -0.4 is 14.4 Å². The van der Waals surface area contributed by atoms with Crippen molar-refractivity contribution in [2.75, 3.05) is 24.5 Å². The number of benzene rings is 3. The lowest BCUT2D eigenvalue weighted by Crippen LogP contribution is -2.52. The van der Waals surface area contributed by atoms with Gasteiger partial charge < -0.3 is 15.0 Å². The summed E-state index contributed by atoms with van der Waals surface area (Å²) in [5.41, 5.74) is 2.88. The van der Waals surface area contributed by atoms with Crippen LogP contribution in [0, 0.1) is 19.8 Å². The van der Waals surface area contributed by atoms with Crippen LogP contribution in [-0.2, 0) is 26.2 Å². The second-order valence-electron chi connectivity index (χ2n) is 10.7. The first kappa shape index (κ1) is 32.9. The molecule has 0 aromatic heterocycles. The summed E-state index contributed by atoms with van der Waals surface area (Å²) in [5, 5.41) is 3.21. The summed E-state index contributed by atoms with van der Waals surface area (Å²) >= 11 is 6.30. The van der Waals surface area contributed by atoms with Crippen LogP contribution in [0.2, 0.25) is 5.02 Å². The molecule has 0 aliphatic carbocycles. The van der Waals surface area contributed by atoms with Gasteiger partial charge in [0.1, 0.15) is 18.3 Å². The van der Waals surface area contributed by atoms with Crippen LogP contribution in [0.1, 0.15) is 43.9 Å². The van der Waals surface area contributed by atoms with E-state index < -0.39 is 28.5 Å². The number of anilines is 1. The van der Waals surface area contributed by atoms with Gasteiger partial charge in [0.2, 0.25) is 11.8 Å².